The first-order valence-corrected chi connectivity index (χ1v) is 6.52. The predicted molar refractivity (Wildman–Crippen MR) is 64.5 cm³/mol. The summed E-state index contributed by atoms with van der Waals surface area (Å²) in [6, 6.07) is 0.746. The number of hydrogen-bond donors (Lipinski definition) is 1. The molecule has 0 radical (unpaired) electrons. The van der Waals surface area contributed by atoms with E-state index in [4.69, 9.17) is 6.42 Å². The van der Waals surface area contributed by atoms with Gasteiger partial charge >= 0.3 is 0 Å². The van der Waals surface area contributed by atoms with Crippen LogP contribution < -0.4 is 5.32 Å². The van der Waals surface area contributed by atoms with E-state index in [-0.39, 0.29) is 0 Å². The fourth-order valence-corrected chi connectivity index (χ4v) is 3.28. The molecule has 3 unspecified atom stereocenters. The highest BCUT2D eigenvalue weighted by molar-refractivity contribution is 4.99. The van der Waals surface area contributed by atoms with Gasteiger partial charge in [0.1, 0.15) is 0 Å². The van der Waals surface area contributed by atoms with E-state index in [0.717, 1.165) is 36.8 Å². The van der Waals surface area contributed by atoms with E-state index in [2.05, 4.69) is 18.2 Å². The van der Waals surface area contributed by atoms with Crippen LogP contribution in [0.2, 0.25) is 0 Å². The minimum absolute atomic E-state index is 0.746. The van der Waals surface area contributed by atoms with Gasteiger partial charge in [0, 0.05) is 12.5 Å². The molecule has 84 valence electrons. The van der Waals surface area contributed by atoms with Crippen molar-refractivity contribution in [3.8, 4) is 12.3 Å². The summed E-state index contributed by atoms with van der Waals surface area (Å²) in [6.45, 7) is 3.32. The summed E-state index contributed by atoms with van der Waals surface area (Å²) < 4.78 is 0. The lowest BCUT2D eigenvalue weighted by Crippen LogP contribution is -2.35. The van der Waals surface area contributed by atoms with Crippen molar-refractivity contribution in [2.24, 2.45) is 17.8 Å². The lowest BCUT2D eigenvalue weighted by molar-refractivity contribution is 0.319. The van der Waals surface area contributed by atoms with Crippen LogP contribution in [0.1, 0.15) is 45.4 Å². The molecule has 0 bridgehead atoms. The van der Waals surface area contributed by atoms with Crippen molar-refractivity contribution in [3.05, 3.63) is 0 Å². The molecule has 1 N–H and O–H groups in total. The van der Waals surface area contributed by atoms with Gasteiger partial charge in [-0.3, -0.25) is 0 Å². The standard InChI is InChI=1S/C14H23N/c1-3-5-6-7-14(15-4-2)13-9-11-8-12(11)10-13/h1,11-15H,4-10H2,2H3. The van der Waals surface area contributed by atoms with Crippen LogP contribution in [0.4, 0.5) is 0 Å². The van der Waals surface area contributed by atoms with E-state index in [1.54, 1.807) is 0 Å². The zero-order chi connectivity index (χ0) is 10.7. The number of nitrogens with one attached hydrogen (secondary N) is 1. The lowest BCUT2D eigenvalue weighted by atomic mass is 9.90. The van der Waals surface area contributed by atoms with Crippen molar-refractivity contribution in [1.29, 1.82) is 0 Å². The number of terminal acetylenes is 1. The molecule has 0 aromatic heterocycles. The Bertz CT molecular complexity index is 230. The Morgan fingerprint density at radius 2 is 2.07 bits per heavy atom. The first-order chi connectivity index (χ1) is 7.35. The fraction of sp³-hybridized carbons (Fsp3) is 0.857. The maximum atomic E-state index is 5.30. The minimum atomic E-state index is 0.746. The normalized spacial score (nSPS) is 34.5. The highest BCUT2D eigenvalue weighted by atomic mass is 14.9. The molecule has 0 heterocycles. The molecule has 0 amide bonds. The zero-order valence-corrected chi connectivity index (χ0v) is 9.84. The van der Waals surface area contributed by atoms with Crippen LogP contribution in [0.15, 0.2) is 0 Å². The van der Waals surface area contributed by atoms with Gasteiger partial charge in [-0.25, -0.2) is 0 Å². The zero-order valence-electron chi connectivity index (χ0n) is 9.84. The Hall–Kier alpha value is -0.480. The molecular weight excluding hydrogens is 182 g/mol. The van der Waals surface area contributed by atoms with Crippen LogP contribution in [0.3, 0.4) is 0 Å². The van der Waals surface area contributed by atoms with Gasteiger partial charge in [-0.2, -0.15) is 0 Å². The average Bonchev–Trinajstić information content (AvgIpc) is 2.85. The van der Waals surface area contributed by atoms with Crippen molar-refractivity contribution in [2.45, 2.75) is 51.5 Å². The maximum Gasteiger partial charge on any atom is 0.00957 e. The van der Waals surface area contributed by atoms with Crippen molar-refractivity contribution in [2.75, 3.05) is 6.54 Å². The van der Waals surface area contributed by atoms with Crippen molar-refractivity contribution in [3.63, 3.8) is 0 Å². The number of fused-ring (bicyclic) bond motifs is 1. The molecule has 0 aromatic carbocycles. The summed E-state index contributed by atoms with van der Waals surface area (Å²) in [6.07, 6.45) is 13.2. The monoisotopic (exact) mass is 205 g/mol. The van der Waals surface area contributed by atoms with Crippen molar-refractivity contribution < 1.29 is 0 Å². The Labute approximate surface area is 94.0 Å². The van der Waals surface area contributed by atoms with Crippen LogP contribution >= 0.6 is 0 Å². The second-order valence-electron chi connectivity index (χ2n) is 5.25. The highest BCUT2D eigenvalue weighted by Gasteiger charge is 2.47. The van der Waals surface area contributed by atoms with Crippen LogP contribution in [-0.4, -0.2) is 12.6 Å². The van der Waals surface area contributed by atoms with E-state index >= 15 is 0 Å². The summed E-state index contributed by atoms with van der Waals surface area (Å²) in [7, 11) is 0. The Kier molecular flexibility index (Phi) is 3.70. The number of hydrogen-bond acceptors (Lipinski definition) is 1. The summed E-state index contributed by atoms with van der Waals surface area (Å²) in [5, 5.41) is 3.66. The topological polar surface area (TPSA) is 12.0 Å². The summed E-state index contributed by atoms with van der Waals surface area (Å²) in [4.78, 5) is 0. The van der Waals surface area contributed by atoms with Gasteiger partial charge in [0.2, 0.25) is 0 Å². The molecule has 0 aliphatic heterocycles. The molecule has 1 nitrogen and oxygen atoms in total. The third kappa shape index (κ3) is 2.75. The quantitative estimate of drug-likeness (QED) is 0.519. The van der Waals surface area contributed by atoms with Crippen molar-refractivity contribution >= 4 is 0 Å². The van der Waals surface area contributed by atoms with Gasteiger partial charge in [-0.15, -0.1) is 12.3 Å². The van der Waals surface area contributed by atoms with Gasteiger partial charge in [-0.1, -0.05) is 6.92 Å². The van der Waals surface area contributed by atoms with E-state index in [1.165, 1.54) is 32.1 Å². The molecule has 3 atom stereocenters. The highest BCUT2D eigenvalue weighted by Crippen LogP contribution is 2.55. The van der Waals surface area contributed by atoms with Gasteiger partial charge in [0.25, 0.3) is 0 Å². The fourth-order valence-electron chi connectivity index (χ4n) is 3.28. The first kappa shape index (κ1) is 11.0. The molecule has 0 aromatic rings. The van der Waals surface area contributed by atoms with Crippen LogP contribution in [0.25, 0.3) is 0 Å². The SMILES string of the molecule is C#CCCCC(NCC)C1CC2CC2C1. The Morgan fingerprint density at radius 3 is 2.67 bits per heavy atom. The molecule has 0 spiro atoms. The van der Waals surface area contributed by atoms with Gasteiger partial charge in [0.05, 0.1) is 0 Å². The third-order valence-electron chi connectivity index (χ3n) is 4.15. The Balaban J connectivity index is 1.75. The second kappa shape index (κ2) is 5.03. The molecule has 2 aliphatic rings. The smallest absolute Gasteiger partial charge is 0.00957 e. The molecule has 2 fully saturated rings. The van der Waals surface area contributed by atoms with Crippen molar-refractivity contribution in [1.82, 2.24) is 5.32 Å². The molecule has 2 saturated carbocycles. The summed E-state index contributed by atoms with van der Waals surface area (Å²) in [5.74, 6) is 5.90. The van der Waals surface area contributed by atoms with E-state index < -0.39 is 0 Å². The average molecular weight is 205 g/mol. The van der Waals surface area contributed by atoms with Gasteiger partial charge < -0.3 is 5.32 Å². The second-order valence-corrected chi connectivity index (χ2v) is 5.25. The van der Waals surface area contributed by atoms with E-state index in [9.17, 15) is 0 Å². The number of rotatable bonds is 6. The minimum Gasteiger partial charge on any atom is -0.314 e. The van der Waals surface area contributed by atoms with Gasteiger partial charge in [-0.05, 0) is 56.4 Å². The molecule has 15 heavy (non-hydrogen) atoms. The van der Waals surface area contributed by atoms with E-state index in [1.807, 2.05) is 0 Å². The number of unbranched alkanes of at least 4 members (excludes halogenated alkanes) is 1. The molecular formula is C14H23N. The maximum absolute atomic E-state index is 5.30. The van der Waals surface area contributed by atoms with Crippen LogP contribution in [0, 0.1) is 30.1 Å². The largest absolute Gasteiger partial charge is 0.314 e. The van der Waals surface area contributed by atoms with E-state index in [0.29, 0.717) is 0 Å². The summed E-state index contributed by atoms with van der Waals surface area (Å²) in [5.41, 5.74) is 0. The molecule has 0 saturated heterocycles. The Morgan fingerprint density at radius 1 is 1.33 bits per heavy atom. The van der Waals surface area contributed by atoms with Gasteiger partial charge in [0.15, 0.2) is 0 Å². The first-order valence-electron chi connectivity index (χ1n) is 6.52. The lowest BCUT2D eigenvalue weighted by Gasteiger charge is -2.25. The predicted octanol–water partition coefficient (Wildman–Crippen LogP) is 2.81. The van der Waals surface area contributed by atoms with Crippen LogP contribution in [0.5, 0.6) is 0 Å². The summed E-state index contributed by atoms with van der Waals surface area (Å²) >= 11 is 0. The van der Waals surface area contributed by atoms with Crippen LogP contribution in [-0.2, 0) is 0 Å². The molecule has 1 heteroatoms. The molecule has 2 aliphatic carbocycles. The molecule has 2 rings (SSSR count). The third-order valence-corrected chi connectivity index (χ3v) is 4.15.